The van der Waals surface area contributed by atoms with E-state index in [4.69, 9.17) is 33.9 Å². The van der Waals surface area contributed by atoms with Gasteiger partial charge in [-0.1, -0.05) is 23.6 Å². The van der Waals surface area contributed by atoms with Gasteiger partial charge in [-0.05, 0) is 43.2 Å². The third kappa shape index (κ3) is 6.62. The molecule has 1 saturated heterocycles. The lowest BCUT2D eigenvalue weighted by Crippen LogP contribution is -2.41. The normalized spacial score (nSPS) is 13.2. The summed E-state index contributed by atoms with van der Waals surface area (Å²) in [6, 6.07) is 9.64. The summed E-state index contributed by atoms with van der Waals surface area (Å²) in [5.41, 5.74) is 5.76. The number of amidine groups is 1. The van der Waals surface area contributed by atoms with Crippen molar-refractivity contribution in [3.05, 3.63) is 81.8 Å². The van der Waals surface area contributed by atoms with Gasteiger partial charge in [-0.15, -0.1) is 6.42 Å². The summed E-state index contributed by atoms with van der Waals surface area (Å²) in [6.07, 6.45) is 7.76. The van der Waals surface area contributed by atoms with E-state index in [0.717, 1.165) is 6.07 Å². The number of nitrogens with two attached hydrogens (primary N) is 1. The van der Waals surface area contributed by atoms with E-state index in [-0.39, 0.29) is 56.6 Å². The van der Waals surface area contributed by atoms with Crippen molar-refractivity contribution in [2.75, 3.05) is 30.8 Å². The van der Waals surface area contributed by atoms with E-state index in [1.165, 1.54) is 43.6 Å². The van der Waals surface area contributed by atoms with Crippen LogP contribution in [0.1, 0.15) is 44.7 Å². The minimum Gasteiger partial charge on any atom is -0.494 e. The standard InChI is InChI=1S/C29H26ClFN6O4/c1-3-16-4-7-24(34-15-16)35-29(40)21-13-19(30)14-23(41-2)25(21)36-28(39)20-6-5-18(12-22(20)31)26(32)37-10-8-17(9-11-37)27(33)38/h1,4-7,12-15,17,32H,8-11H2,2H3,(H2,33,38)(H,36,39)(H,34,35,40). The van der Waals surface area contributed by atoms with Crippen LogP contribution in [0.2, 0.25) is 5.02 Å². The smallest absolute Gasteiger partial charge is 0.259 e. The highest BCUT2D eigenvalue weighted by molar-refractivity contribution is 6.31. The summed E-state index contributed by atoms with van der Waals surface area (Å²) in [6.45, 7) is 0.863. The Hall–Kier alpha value is -4.95. The zero-order valence-corrected chi connectivity index (χ0v) is 22.7. The number of carbonyl (C=O) groups is 3. The van der Waals surface area contributed by atoms with Crippen LogP contribution < -0.4 is 21.1 Å². The molecule has 10 nitrogen and oxygen atoms in total. The number of terminal acetylenes is 1. The molecule has 0 radical (unpaired) electrons. The molecule has 210 valence electrons. The van der Waals surface area contributed by atoms with Crippen molar-refractivity contribution < 1.29 is 23.5 Å². The molecule has 41 heavy (non-hydrogen) atoms. The number of ether oxygens (including phenoxy) is 1. The van der Waals surface area contributed by atoms with Crippen LogP contribution in [-0.2, 0) is 4.79 Å². The van der Waals surface area contributed by atoms with Crippen molar-refractivity contribution >= 4 is 46.7 Å². The van der Waals surface area contributed by atoms with Gasteiger partial charge in [0.1, 0.15) is 23.2 Å². The number of pyridine rings is 1. The van der Waals surface area contributed by atoms with E-state index in [2.05, 4.69) is 21.5 Å². The molecule has 0 unspecified atom stereocenters. The maximum Gasteiger partial charge on any atom is 0.259 e. The number of nitrogens with zero attached hydrogens (tertiary/aromatic N) is 2. The number of amides is 3. The van der Waals surface area contributed by atoms with Crippen LogP contribution in [0.5, 0.6) is 5.75 Å². The first kappa shape index (κ1) is 29.0. The molecule has 12 heteroatoms. The van der Waals surface area contributed by atoms with Crippen molar-refractivity contribution in [2.24, 2.45) is 11.7 Å². The van der Waals surface area contributed by atoms with Crippen LogP contribution in [0.4, 0.5) is 15.9 Å². The number of benzene rings is 2. The Bertz CT molecular complexity index is 1560. The number of primary amides is 1. The van der Waals surface area contributed by atoms with Crippen molar-refractivity contribution in [3.8, 4) is 18.1 Å². The summed E-state index contributed by atoms with van der Waals surface area (Å²) in [5, 5.41) is 13.8. The lowest BCUT2D eigenvalue weighted by Gasteiger charge is -2.32. The third-order valence-electron chi connectivity index (χ3n) is 6.64. The predicted octanol–water partition coefficient (Wildman–Crippen LogP) is 3.89. The molecule has 0 bridgehead atoms. The highest BCUT2D eigenvalue weighted by atomic mass is 35.5. The number of halogens is 2. The lowest BCUT2D eigenvalue weighted by atomic mass is 9.95. The SMILES string of the molecule is C#Cc1ccc(NC(=O)c2cc(Cl)cc(OC)c2NC(=O)c2ccc(C(=N)N3CCC(C(N)=O)CC3)cc2F)nc1. The molecule has 2 heterocycles. The average molecular weight is 577 g/mol. The molecule has 4 rings (SSSR count). The minimum absolute atomic E-state index is 0.0341. The summed E-state index contributed by atoms with van der Waals surface area (Å²) in [7, 11) is 1.33. The van der Waals surface area contributed by atoms with Gasteiger partial charge in [-0.2, -0.15) is 0 Å². The quantitative estimate of drug-likeness (QED) is 0.190. The number of methoxy groups -OCH3 is 1. The molecule has 1 aliphatic heterocycles. The van der Waals surface area contributed by atoms with Crippen molar-refractivity contribution in [3.63, 3.8) is 0 Å². The fraction of sp³-hybridized carbons (Fsp3) is 0.207. The Morgan fingerprint density at radius 3 is 2.41 bits per heavy atom. The molecular formula is C29H26ClFN6O4. The van der Waals surface area contributed by atoms with Crippen LogP contribution in [0.25, 0.3) is 0 Å². The molecule has 1 aliphatic rings. The van der Waals surface area contributed by atoms with E-state index < -0.39 is 17.6 Å². The highest BCUT2D eigenvalue weighted by Crippen LogP contribution is 2.34. The first-order valence-corrected chi connectivity index (χ1v) is 12.8. The van der Waals surface area contributed by atoms with Crippen LogP contribution in [0.15, 0.2) is 48.7 Å². The van der Waals surface area contributed by atoms with Crippen molar-refractivity contribution in [1.82, 2.24) is 9.88 Å². The van der Waals surface area contributed by atoms with E-state index in [0.29, 0.717) is 31.5 Å². The lowest BCUT2D eigenvalue weighted by molar-refractivity contribution is -0.122. The number of rotatable bonds is 7. The monoisotopic (exact) mass is 576 g/mol. The zero-order chi connectivity index (χ0) is 29.7. The molecule has 3 aromatic rings. The number of likely N-dealkylation sites (tertiary alicyclic amines) is 1. The maximum atomic E-state index is 15.2. The van der Waals surface area contributed by atoms with Gasteiger partial charge in [0.15, 0.2) is 0 Å². The molecule has 0 saturated carbocycles. The van der Waals surface area contributed by atoms with Gasteiger partial charge in [0.05, 0.1) is 23.9 Å². The largest absolute Gasteiger partial charge is 0.494 e. The molecule has 3 amide bonds. The predicted molar refractivity (Wildman–Crippen MR) is 153 cm³/mol. The summed E-state index contributed by atoms with van der Waals surface area (Å²) in [5.74, 6) is -0.223. The Morgan fingerprint density at radius 1 is 1.12 bits per heavy atom. The van der Waals surface area contributed by atoms with Gasteiger partial charge in [0.2, 0.25) is 5.91 Å². The molecule has 0 aliphatic carbocycles. The van der Waals surface area contributed by atoms with Gasteiger partial charge < -0.3 is 26.0 Å². The number of anilines is 2. The number of carbonyl (C=O) groups excluding carboxylic acids is 3. The number of piperidine rings is 1. The van der Waals surface area contributed by atoms with E-state index >= 15 is 4.39 Å². The second-order valence-corrected chi connectivity index (χ2v) is 9.66. The van der Waals surface area contributed by atoms with E-state index in [1.54, 1.807) is 11.0 Å². The van der Waals surface area contributed by atoms with Gasteiger partial charge in [-0.3, -0.25) is 19.8 Å². The highest BCUT2D eigenvalue weighted by Gasteiger charge is 2.26. The van der Waals surface area contributed by atoms with E-state index in [9.17, 15) is 14.4 Å². The van der Waals surface area contributed by atoms with Gasteiger partial charge in [0.25, 0.3) is 11.8 Å². The Balaban J connectivity index is 1.54. The second-order valence-electron chi connectivity index (χ2n) is 9.22. The first-order chi connectivity index (χ1) is 19.6. The van der Waals surface area contributed by atoms with Crippen molar-refractivity contribution in [2.45, 2.75) is 12.8 Å². The third-order valence-corrected chi connectivity index (χ3v) is 6.86. The molecule has 1 fully saturated rings. The fourth-order valence-electron chi connectivity index (χ4n) is 4.39. The van der Waals surface area contributed by atoms with Gasteiger partial charge >= 0.3 is 0 Å². The fourth-order valence-corrected chi connectivity index (χ4v) is 4.59. The molecule has 0 atom stereocenters. The number of hydrogen-bond acceptors (Lipinski definition) is 6. The van der Waals surface area contributed by atoms with Gasteiger partial charge in [-0.25, -0.2) is 9.37 Å². The molecule has 2 aromatic carbocycles. The maximum absolute atomic E-state index is 15.2. The Kier molecular flexibility index (Phi) is 8.84. The van der Waals surface area contributed by atoms with Crippen LogP contribution in [-0.4, -0.2) is 53.6 Å². The summed E-state index contributed by atoms with van der Waals surface area (Å²) >= 11 is 6.18. The van der Waals surface area contributed by atoms with Crippen LogP contribution in [0.3, 0.4) is 0 Å². The van der Waals surface area contributed by atoms with E-state index in [1.807, 2.05) is 0 Å². The summed E-state index contributed by atoms with van der Waals surface area (Å²) < 4.78 is 20.5. The summed E-state index contributed by atoms with van der Waals surface area (Å²) in [4.78, 5) is 43.5. The number of nitrogens with one attached hydrogen (secondary N) is 3. The van der Waals surface area contributed by atoms with Crippen LogP contribution >= 0.6 is 11.6 Å². The molecular weight excluding hydrogens is 551 g/mol. The van der Waals surface area contributed by atoms with Crippen molar-refractivity contribution in [1.29, 1.82) is 5.41 Å². The molecule has 1 aromatic heterocycles. The minimum atomic E-state index is -0.867. The zero-order valence-electron chi connectivity index (χ0n) is 22.0. The van der Waals surface area contributed by atoms with Crippen LogP contribution in [0, 0.1) is 29.5 Å². The molecule has 5 N–H and O–H groups in total. The first-order valence-electron chi connectivity index (χ1n) is 12.5. The average Bonchev–Trinajstić information content (AvgIpc) is 2.97. The topological polar surface area (TPSA) is 150 Å². The Labute approximate surface area is 240 Å². The molecule has 0 spiro atoms. The number of aromatic nitrogens is 1. The Morgan fingerprint density at radius 2 is 1.83 bits per heavy atom. The van der Waals surface area contributed by atoms with Gasteiger partial charge in [0, 0.05) is 47.4 Å². The number of hydrogen-bond donors (Lipinski definition) is 4. The second kappa shape index (κ2) is 12.5.